The van der Waals surface area contributed by atoms with Crippen LogP contribution in [0.2, 0.25) is 0 Å². The van der Waals surface area contributed by atoms with E-state index in [2.05, 4.69) is 30.1 Å². The van der Waals surface area contributed by atoms with Crippen molar-refractivity contribution in [2.24, 2.45) is 0 Å². The van der Waals surface area contributed by atoms with Gasteiger partial charge in [0.05, 0.1) is 12.1 Å². The van der Waals surface area contributed by atoms with Gasteiger partial charge < -0.3 is 4.90 Å². The van der Waals surface area contributed by atoms with E-state index in [1.54, 1.807) is 11.3 Å². The van der Waals surface area contributed by atoms with Crippen molar-refractivity contribution in [3.63, 3.8) is 0 Å². The topological polar surface area (TPSA) is 39.9 Å². The van der Waals surface area contributed by atoms with Crippen molar-refractivity contribution < 1.29 is 0 Å². The Morgan fingerprint density at radius 3 is 2.67 bits per heavy atom. The summed E-state index contributed by atoms with van der Waals surface area (Å²) in [7, 11) is 1.97. The summed E-state index contributed by atoms with van der Waals surface area (Å²) in [6.07, 6.45) is 0. The van der Waals surface area contributed by atoms with E-state index in [-0.39, 0.29) is 0 Å². The quantitative estimate of drug-likeness (QED) is 0.847. The monoisotopic (exact) mass is 257 g/mol. The molecule has 2 rings (SSSR count). The Kier molecular flexibility index (Phi) is 3.63. The summed E-state index contributed by atoms with van der Waals surface area (Å²) in [5.74, 6) is 0.753. The number of hydrogen-bond acceptors (Lipinski definition) is 4. The van der Waals surface area contributed by atoms with Crippen molar-refractivity contribution in [1.82, 2.24) is 4.98 Å². The molecule has 18 heavy (non-hydrogen) atoms. The van der Waals surface area contributed by atoms with Crippen molar-refractivity contribution in [2.75, 3.05) is 11.9 Å². The van der Waals surface area contributed by atoms with Crippen LogP contribution in [0.1, 0.15) is 21.0 Å². The summed E-state index contributed by atoms with van der Waals surface area (Å²) < 4.78 is 0. The molecular weight excluding hydrogens is 242 g/mol. The van der Waals surface area contributed by atoms with Gasteiger partial charge in [-0.2, -0.15) is 5.26 Å². The zero-order valence-electron chi connectivity index (χ0n) is 10.8. The number of rotatable bonds is 3. The summed E-state index contributed by atoms with van der Waals surface area (Å²) in [5.41, 5.74) is 1.55. The number of aromatic nitrogens is 1. The summed E-state index contributed by atoms with van der Waals surface area (Å²) in [4.78, 5) is 9.06. The van der Waals surface area contributed by atoms with Gasteiger partial charge >= 0.3 is 0 Å². The maximum absolute atomic E-state index is 9.11. The van der Waals surface area contributed by atoms with Crippen LogP contribution in [-0.2, 0) is 6.54 Å². The molecule has 0 radical (unpaired) electrons. The maximum atomic E-state index is 9.11. The average molecular weight is 257 g/mol. The SMILES string of the molecule is Cc1ccc(C#N)c(N(C)Cc2ccc(C)s2)n1. The van der Waals surface area contributed by atoms with Gasteiger partial charge in [-0.05, 0) is 38.1 Å². The zero-order chi connectivity index (χ0) is 13.1. The van der Waals surface area contributed by atoms with E-state index in [0.717, 1.165) is 18.1 Å². The molecule has 0 fully saturated rings. The third kappa shape index (κ3) is 2.69. The van der Waals surface area contributed by atoms with E-state index in [1.807, 2.05) is 31.0 Å². The minimum absolute atomic E-state index is 0.622. The standard InChI is InChI=1S/C14H15N3S/c1-10-4-6-12(8-15)14(16-10)17(3)9-13-7-5-11(2)18-13/h4-7H,9H2,1-3H3. The maximum Gasteiger partial charge on any atom is 0.146 e. The smallest absolute Gasteiger partial charge is 0.146 e. The minimum atomic E-state index is 0.622. The van der Waals surface area contributed by atoms with Crippen LogP contribution in [0.5, 0.6) is 0 Å². The van der Waals surface area contributed by atoms with Gasteiger partial charge in [0.15, 0.2) is 0 Å². The molecule has 0 aliphatic heterocycles. The highest BCUT2D eigenvalue weighted by molar-refractivity contribution is 7.11. The Bertz CT molecular complexity index is 595. The molecule has 0 N–H and O–H groups in total. The van der Waals surface area contributed by atoms with Crippen molar-refractivity contribution in [2.45, 2.75) is 20.4 Å². The van der Waals surface area contributed by atoms with Gasteiger partial charge in [0, 0.05) is 22.5 Å². The third-order valence-corrected chi connectivity index (χ3v) is 3.67. The number of nitrogens with zero attached hydrogens (tertiary/aromatic N) is 3. The van der Waals surface area contributed by atoms with Crippen LogP contribution in [-0.4, -0.2) is 12.0 Å². The molecule has 3 nitrogen and oxygen atoms in total. The first-order valence-corrected chi connectivity index (χ1v) is 6.56. The van der Waals surface area contributed by atoms with Gasteiger partial charge in [-0.1, -0.05) is 0 Å². The highest BCUT2D eigenvalue weighted by Crippen LogP contribution is 2.22. The molecule has 0 saturated carbocycles. The van der Waals surface area contributed by atoms with Crippen molar-refractivity contribution in [1.29, 1.82) is 5.26 Å². The number of anilines is 1. The second kappa shape index (κ2) is 5.19. The Morgan fingerprint density at radius 2 is 2.06 bits per heavy atom. The van der Waals surface area contributed by atoms with E-state index in [0.29, 0.717) is 5.56 Å². The molecule has 2 aromatic heterocycles. The molecule has 4 heteroatoms. The first-order chi connectivity index (χ1) is 8.60. The fraction of sp³-hybridized carbons (Fsp3) is 0.286. The van der Waals surface area contributed by atoms with Crippen LogP contribution in [0, 0.1) is 25.2 Å². The van der Waals surface area contributed by atoms with Crippen LogP contribution >= 0.6 is 11.3 Å². The lowest BCUT2D eigenvalue weighted by molar-refractivity contribution is 0.903. The molecule has 0 atom stereocenters. The second-order valence-electron chi connectivity index (χ2n) is 4.30. The second-order valence-corrected chi connectivity index (χ2v) is 5.68. The van der Waals surface area contributed by atoms with E-state index in [4.69, 9.17) is 5.26 Å². The van der Waals surface area contributed by atoms with E-state index in [1.165, 1.54) is 9.75 Å². The van der Waals surface area contributed by atoms with Gasteiger partial charge in [-0.15, -0.1) is 11.3 Å². The molecule has 0 aromatic carbocycles. The first-order valence-electron chi connectivity index (χ1n) is 5.74. The van der Waals surface area contributed by atoms with Crippen LogP contribution in [0.15, 0.2) is 24.3 Å². The lowest BCUT2D eigenvalue weighted by atomic mass is 10.2. The van der Waals surface area contributed by atoms with Gasteiger partial charge in [-0.3, -0.25) is 0 Å². The minimum Gasteiger partial charge on any atom is -0.353 e. The predicted octanol–water partition coefficient (Wildman–Crippen LogP) is 3.27. The van der Waals surface area contributed by atoms with Gasteiger partial charge in [0.25, 0.3) is 0 Å². The van der Waals surface area contributed by atoms with Crippen molar-refractivity contribution >= 4 is 17.2 Å². The molecule has 0 spiro atoms. The Hall–Kier alpha value is -1.86. The van der Waals surface area contributed by atoms with Crippen LogP contribution < -0.4 is 4.90 Å². The average Bonchev–Trinajstić information content (AvgIpc) is 2.74. The zero-order valence-corrected chi connectivity index (χ0v) is 11.6. The van der Waals surface area contributed by atoms with Crippen LogP contribution in [0.3, 0.4) is 0 Å². The molecule has 0 aliphatic carbocycles. The summed E-state index contributed by atoms with van der Waals surface area (Å²) in [6, 6.07) is 10.1. The van der Waals surface area contributed by atoms with Gasteiger partial charge in [-0.25, -0.2) is 4.98 Å². The number of thiophene rings is 1. The Morgan fingerprint density at radius 1 is 1.28 bits per heavy atom. The molecule has 92 valence electrons. The summed E-state index contributed by atoms with van der Waals surface area (Å²) in [6.45, 7) is 4.82. The highest BCUT2D eigenvalue weighted by Gasteiger charge is 2.10. The molecule has 0 unspecified atom stereocenters. The van der Waals surface area contributed by atoms with E-state index < -0.39 is 0 Å². The fourth-order valence-corrected chi connectivity index (χ4v) is 2.74. The Labute approximate surface area is 111 Å². The Balaban J connectivity index is 2.26. The first kappa shape index (κ1) is 12.6. The number of nitriles is 1. The van der Waals surface area contributed by atoms with Gasteiger partial charge in [0.1, 0.15) is 11.9 Å². The largest absolute Gasteiger partial charge is 0.353 e. The van der Waals surface area contributed by atoms with Crippen molar-refractivity contribution in [3.05, 3.63) is 45.3 Å². The molecule has 0 aliphatic rings. The van der Waals surface area contributed by atoms with Crippen LogP contribution in [0.4, 0.5) is 5.82 Å². The number of pyridine rings is 1. The molecular formula is C14H15N3S. The summed E-state index contributed by atoms with van der Waals surface area (Å²) in [5, 5.41) is 9.11. The number of hydrogen-bond donors (Lipinski definition) is 0. The third-order valence-electron chi connectivity index (χ3n) is 2.69. The summed E-state index contributed by atoms with van der Waals surface area (Å²) >= 11 is 1.78. The predicted molar refractivity (Wildman–Crippen MR) is 74.9 cm³/mol. The lowest BCUT2D eigenvalue weighted by Crippen LogP contribution is -2.18. The lowest BCUT2D eigenvalue weighted by Gasteiger charge is -2.18. The molecule has 0 amide bonds. The van der Waals surface area contributed by atoms with Crippen LogP contribution in [0.25, 0.3) is 0 Å². The molecule has 0 bridgehead atoms. The number of aryl methyl sites for hydroxylation is 2. The van der Waals surface area contributed by atoms with Gasteiger partial charge in [0.2, 0.25) is 0 Å². The molecule has 2 aromatic rings. The van der Waals surface area contributed by atoms with E-state index >= 15 is 0 Å². The van der Waals surface area contributed by atoms with E-state index in [9.17, 15) is 0 Å². The molecule has 2 heterocycles. The normalized spacial score (nSPS) is 10.1. The molecule has 0 saturated heterocycles. The fourth-order valence-electron chi connectivity index (χ4n) is 1.80. The highest BCUT2D eigenvalue weighted by atomic mass is 32.1. The van der Waals surface area contributed by atoms with Crippen molar-refractivity contribution in [3.8, 4) is 6.07 Å².